The molecule has 0 unspecified atom stereocenters. The minimum Gasteiger partial charge on any atom is -0.378 e. The third-order valence-corrected chi connectivity index (χ3v) is 4.92. The van der Waals surface area contributed by atoms with Gasteiger partial charge in [0.15, 0.2) is 11.2 Å². The third kappa shape index (κ3) is 2.05. The predicted octanol–water partition coefficient (Wildman–Crippen LogP) is 1.35. The molecule has 0 aliphatic rings. The molecule has 8 heteroatoms. The van der Waals surface area contributed by atoms with Gasteiger partial charge in [-0.3, -0.25) is 23.3 Å². The first-order valence-electron chi connectivity index (χ1n) is 8.28. The molecular formula is C18H20N6O2. The highest BCUT2D eigenvalue weighted by Crippen LogP contribution is 2.25. The Hall–Kier alpha value is -3.29. The molecule has 0 atom stereocenters. The quantitative estimate of drug-likeness (QED) is 0.590. The number of H-pyrrole nitrogens is 1. The standard InChI is InChI=1S/C18H20N6O2/c1-10-11(2)24-14-15(22(5)18(26)20-16(14)25)19-17(24)23(10)13-8-6-12(7-9-13)21(3)4/h6-9H,1-5H3,(H,20,25,26). The Bertz CT molecular complexity index is 1270. The Morgan fingerprint density at radius 2 is 1.69 bits per heavy atom. The second-order valence-corrected chi connectivity index (χ2v) is 6.65. The van der Waals surface area contributed by atoms with Crippen molar-refractivity contribution in [2.24, 2.45) is 7.05 Å². The molecule has 0 fully saturated rings. The van der Waals surface area contributed by atoms with E-state index in [-0.39, 0.29) is 0 Å². The van der Waals surface area contributed by atoms with Gasteiger partial charge in [0.25, 0.3) is 5.56 Å². The van der Waals surface area contributed by atoms with Crippen LogP contribution >= 0.6 is 0 Å². The van der Waals surface area contributed by atoms with E-state index < -0.39 is 11.2 Å². The highest BCUT2D eigenvalue weighted by Gasteiger charge is 2.21. The summed E-state index contributed by atoms with van der Waals surface area (Å²) in [6.07, 6.45) is 0. The van der Waals surface area contributed by atoms with Gasteiger partial charge in [0.2, 0.25) is 5.78 Å². The third-order valence-electron chi connectivity index (χ3n) is 4.92. The molecule has 3 aromatic heterocycles. The van der Waals surface area contributed by atoms with E-state index in [4.69, 9.17) is 0 Å². The number of rotatable bonds is 2. The molecule has 26 heavy (non-hydrogen) atoms. The molecule has 0 aliphatic carbocycles. The molecule has 8 nitrogen and oxygen atoms in total. The molecule has 0 amide bonds. The summed E-state index contributed by atoms with van der Waals surface area (Å²) in [4.78, 5) is 33.3. The lowest BCUT2D eigenvalue weighted by molar-refractivity contribution is 0.830. The smallest absolute Gasteiger partial charge is 0.329 e. The molecule has 0 spiro atoms. The van der Waals surface area contributed by atoms with Gasteiger partial charge >= 0.3 is 5.69 Å². The van der Waals surface area contributed by atoms with Gasteiger partial charge in [-0.05, 0) is 38.1 Å². The van der Waals surface area contributed by atoms with Crippen LogP contribution in [0.4, 0.5) is 5.69 Å². The summed E-state index contributed by atoms with van der Waals surface area (Å²) in [5.74, 6) is 0.610. The minimum atomic E-state index is -0.473. The van der Waals surface area contributed by atoms with Crippen LogP contribution in [0.3, 0.4) is 0 Å². The topological polar surface area (TPSA) is 80.3 Å². The van der Waals surface area contributed by atoms with Crippen molar-refractivity contribution in [3.63, 3.8) is 0 Å². The summed E-state index contributed by atoms with van der Waals surface area (Å²) in [6.45, 7) is 3.94. The Kier molecular flexibility index (Phi) is 3.33. The van der Waals surface area contributed by atoms with E-state index in [0.29, 0.717) is 16.9 Å². The molecule has 134 valence electrons. The van der Waals surface area contributed by atoms with Crippen molar-refractivity contribution < 1.29 is 0 Å². The van der Waals surface area contributed by atoms with Gasteiger partial charge in [-0.25, -0.2) is 4.79 Å². The lowest BCUT2D eigenvalue weighted by Gasteiger charge is -2.13. The maximum Gasteiger partial charge on any atom is 0.329 e. The van der Waals surface area contributed by atoms with Crippen molar-refractivity contribution in [2.75, 3.05) is 19.0 Å². The normalized spacial score (nSPS) is 11.6. The van der Waals surface area contributed by atoms with E-state index in [0.717, 1.165) is 22.8 Å². The number of anilines is 1. The second kappa shape index (κ2) is 5.35. The summed E-state index contributed by atoms with van der Waals surface area (Å²) >= 11 is 0. The van der Waals surface area contributed by atoms with Crippen molar-refractivity contribution in [1.82, 2.24) is 23.5 Å². The first-order chi connectivity index (χ1) is 12.3. The van der Waals surface area contributed by atoms with Gasteiger partial charge in [-0.1, -0.05) is 0 Å². The number of hydrogen-bond acceptors (Lipinski definition) is 4. The number of fused-ring (bicyclic) bond motifs is 3. The summed E-state index contributed by atoms with van der Waals surface area (Å²) in [5.41, 5.74) is 3.78. The van der Waals surface area contributed by atoms with Gasteiger partial charge in [0.05, 0.1) is 0 Å². The molecular weight excluding hydrogens is 332 g/mol. The average Bonchev–Trinajstić information content (AvgIpc) is 3.10. The highest BCUT2D eigenvalue weighted by atomic mass is 16.2. The number of nitrogens with one attached hydrogen (secondary N) is 1. The van der Waals surface area contributed by atoms with Gasteiger partial charge < -0.3 is 4.90 Å². The number of hydrogen-bond donors (Lipinski definition) is 1. The zero-order chi connectivity index (χ0) is 18.7. The Balaban J connectivity index is 2.11. The molecule has 4 aromatic rings. The number of nitrogens with zero attached hydrogens (tertiary/aromatic N) is 5. The van der Waals surface area contributed by atoms with Crippen LogP contribution in [-0.2, 0) is 7.05 Å². The van der Waals surface area contributed by atoms with Gasteiger partial charge in [-0.15, -0.1) is 0 Å². The van der Waals surface area contributed by atoms with Crippen LogP contribution < -0.4 is 16.1 Å². The van der Waals surface area contributed by atoms with Crippen LogP contribution in [0.5, 0.6) is 0 Å². The summed E-state index contributed by atoms with van der Waals surface area (Å²) < 4.78 is 5.17. The summed E-state index contributed by atoms with van der Waals surface area (Å²) in [7, 11) is 5.59. The number of aromatic nitrogens is 5. The molecule has 0 aliphatic heterocycles. The van der Waals surface area contributed by atoms with E-state index in [9.17, 15) is 9.59 Å². The molecule has 1 aromatic carbocycles. The number of benzene rings is 1. The van der Waals surface area contributed by atoms with Crippen LogP contribution in [0.2, 0.25) is 0 Å². The minimum absolute atomic E-state index is 0.371. The fourth-order valence-electron chi connectivity index (χ4n) is 3.32. The highest BCUT2D eigenvalue weighted by molar-refractivity contribution is 5.77. The Labute approximate surface area is 148 Å². The Morgan fingerprint density at radius 3 is 2.31 bits per heavy atom. The maximum atomic E-state index is 12.4. The van der Waals surface area contributed by atoms with Crippen LogP contribution in [0.15, 0.2) is 33.9 Å². The van der Waals surface area contributed by atoms with E-state index in [2.05, 4.69) is 9.97 Å². The Morgan fingerprint density at radius 1 is 1.04 bits per heavy atom. The van der Waals surface area contributed by atoms with Gasteiger partial charge in [0.1, 0.15) is 0 Å². The monoisotopic (exact) mass is 352 g/mol. The van der Waals surface area contributed by atoms with Gasteiger partial charge in [-0.2, -0.15) is 4.98 Å². The largest absolute Gasteiger partial charge is 0.378 e. The zero-order valence-electron chi connectivity index (χ0n) is 15.4. The van der Waals surface area contributed by atoms with Crippen LogP contribution in [-0.4, -0.2) is 37.6 Å². The molecule has 3 heterocycles. The van der Waals surface area contributed by atoms with Crippen molar-refractivity contribution >= 4 is 22.6 Å². The average molecular weight is 352 g/mol. The number of aromatic amines is 1. The lowest BCUT2D eigenvalue weighted by atomic mass is 10.2. The van der Waals surface area contributed by atoms with Crippen molar-refractivity contribution in [3.05, 3.63) is 56.5 Å². The van der Waals surface area contributed by atoms with Gasteiger partial charge in [0, 0.05) is 43.9 Å². The first-order valence-corrected chi connectivity index (χ1v) is 8.28. The van der Waals surface area contributed by atoms with Crippen molar-refractivity contribution in [2.45, 2.75) is 13.8 Å². The zero-order valence-corrected chi connectivity index (χ0v) is 15.4. The SMILES string of the molecule is Cc1c(C)n2c3c(=O)[nH]c(=O)n(C)c3nc2n1-c1ccc(N(C)C)cc1. The summed E-state index contributed by atoms with van der Waals surface area (Å²) in [6, 6.07) is 8.10. The van der Waals surface area contributed by atoms with Crippen LogP contribution in [0.1, 0.15) is 11.4 Å². The van der Waals surface area contributed by atoms with E-state index in [1.54, 1.807) is 7.05 Å². The lowest BCUT2D eigenvalue weighted by Crippen LogP contribution is -2.28. The second-order valence-electron chi connectivity index (χ2n) is 6.65. The molecule has 0 bridgehead atoms. The fraction of sp³-hybridized carbons (Fsp3) is 0.278. The van der Waals surface area contributed by atoms with E-state index >= 15 is 0 Å². The van der Waals surface area contributed by atoms with Crippen molar-refractivity contribution in [1.29, 1.82) is 0 Å². The molecule has 0 saturated heterocycles. The van der Waals surface area contributed by atoms with Crippen molar-refractivity contribution in [3.8, 4) is 5.69 Å². The van der Waals surface area contributed by atoms with E-state index in [1.165, 1.54) is 4.57 Å². The molecule has 0 radical (unpaired) electrons. The predicted molar refractivity (Wildman–Crippen MR) is 102 cm³/mol. The van der Waals surface area contributed by atoms with E-state index in [1.807, 2.05) is 66.1 Å². The fourth-order valence-corrected chi connectivity index (χ4v) is 3.32. The molecule has 1 N–H and O–H groups in total. The van der Waals surface area contributed by atoms with Crippen LogP contribution in [0, 0.1) is 13.8 Å². The summed E-state index contributed by atoms with van der Waals surface area (Å²) in [5, 5.41) is 0. The molecule has 4 rings (SSSR count). The maximum absolute atomic E-state index is 12.4. The number of aryl methyl sites for hydroxylation is 2. The van der Waals surface area contributed by atoms with Crippen LogP contribution in [0.25, 0.3) is 22.6 Å². The molecule has 0 saturated carbocycles. The first kappa shape index (κ1) is 16.2. The number of imidazole rings is 2.